The molecule has 0 saturated carbocycles. The minimum Gasteiger partial charge on any atom is -0.497 e. The van der Waals surface area contributed by atoms with E-state index in [0.717, 1.165) is 30.1 Å². The van der Waals surface area contributed by atoms with Crippen molar-refractivity contribution in [1.29, 1.82) is 0 Å². The van der Waals surface area contributed by atoms with Crippen LogP contribution in [0.3, 0.4) is 0 Å². The van der Waals surface area contributed by atoms with Crippen molar-refractivity contribution in [3.63, 3.8) is 0 Å². The van der Waals surface area contributed by atoms with Crippen molar-refractivity contribution in [2.45, 2.75) is 19.2 Å². The second-order valence-electron chi connectivity index (χ2n) is 6.51. The topological polar surface area (TPSA) is 42.5 Å². The van der Waals surface area contributed by atoms with E-state index < -0.39 is 0 Å². The Labute approximate surface area is 141 Å². The summed E-state index contributed by atoms with van der Waals surface area (Å²) < 4.78 is 11.2. The zero-order valence-corrected chi connectivity index (χ0v) is 15.1. The van der Waals surface area contributed by atoms with Gasteiger partial charge in [-0.25, -0.2) is 0 Å². The molecule has 1 rings (SSSR count). The van der Waals surface area contributed by atoms with Crippen LogP contribution >= 0.6 is 0 Å². The molecule has 1 aromatic carbocycles. The van der Waals surface area contributed by atoms with Gasteiger partial charge in [0.25, 0.3) is 0 Å². The van der Waals surface area contributed by atoms with Gasteiger partial charge in [-0.3, -0.25) is 0 Å². The van der Waals surface area contributed by atoms with Gasteiger partial charge in [-0.15, -0.1) is 0 Å². The van der Waals surface area contributed by atoms with E-state index in [4.69, 9.17) is 9.47 Å². The molecule has 126 valence electrons. The first-order valence-corrected chi connectivity index (χ1v) is 7.86. The van der Waals surface area contributed by atoms with Gasteiger partial charge in [0.2, 0.25) is 0 Å². The van der Waals surface area contributed by atoms with Crippen LogP contribution in [0.1, 0.15) is 25.0 Å². The van der Waals surface area contributed by atoms with Gasteiger partial charge in [-0.1, -0.05) is 33.1 Å². The first kappa shape index (κ1) is 19.2. The molecule has 0 unspecified atom stereocenters. The quantitative estimate of drug-likeness (QED) is 0.393. The molecular weight excluding hydrogens is 287 g/mol. The molecule has 0 bridgehead atoms. The van der Waals surface area contributed by atoms with E-state index in [2.05, 4.69) is 57.6 Å². The van der Waals surface area contributed by atoms with Gasteiger partial charge in [0, 0.05) is 18.8 Å². The third-order valence-electron chi connectivity index (χ3n) is 3.54. The number of hydrogen-bond donors (Lipinski definition) is 2. The van der Waals surface area contributed by atoms with E-state index in [-0.39, 0.29) is 5.31 Å². The molecule has 23 heavy (non-hydrogen) atoms. The maximum atomic E-state index is 5.90. The maximum absolute atomic E-state index is 5.90. The molecule has 0 aliphatic heterocycles. The summed E-state index contributed by atoms with van der Waals surface area (Å²) in [4.78, 5) is 0. The summed E-state index contributed by atoms with van der Waals surface area (Å²) in [5, 5.41) is 6.35. The monoisotopic (exact) mass is 316 g/mol. The third-order valence-corrected chi connectivity index (χ3v) is 3.54. The van der Waals surface area contributed by atoms with Crippen LogP contribution < -0.4 is 15.4 Å². The molecule has 0 aromatic heterocycles. The fourth-order valence-electron chi connectivity index (χ4n) is 2.03. The minimum absolute atomic E-state index is 0.0552. The van der Waals surface area contributed by atoms with Crippen molar-refractivity contribution in [2.75, 3.05) is 33.9 Å². The van der Waals surface area contributed by atoms with Crippen molar-refractivity contribution in [2.24, 2.45) is 0 Å². The van der Waals surface area contributed by atoms with Gasteiger partial charge in [0.05, 0.1) is 12.7 Å². The predicted octanol–water partition coefficient (Wildman–Crippen LogP) is 1.87. The van der Waals surface area contributed by atoms with Crippen molar-refractivity contribution < 1.29 is 9.47 Å². The number of nitrogens with one attached hydrogen (secondary N) is 2. The molecule has 4 nitrogen and oxygen atoms in total. The van der Waals surface area contributed by atoms with Crippen LogP contribution in [-0.4, -0.2) is 41.7 Å². The van der Waals surface area contributed by atoms with E-state index in [9.17, 15) is 0 Å². The van der Waals surface area contributed by atoms with Crippen LogP contribution in [0.5, 0.6) is 5.75 Å². The van der Waals surface area contributed by atoms with Gasteiger partial charge in [-0.2, -0.15) is 0 Å². The van der Waals surface area contributed by atoms with Crippen LogP contribution in [0.25, 0.3) is 5.76 Å². The minimum atomic E-state index is 0.0552. The van der Waals surface area contributed by atoms with Gasteiger partial charge in [0.15, 0.2) is 0 Å². The van der Waals surface area contributed by atoms with Crippen LogP contribution in [-0.2, 0) is 10.1 Å². The lowest BCUT2D eigenvalue weighted by Crippen LogP contribution is -2.26. The molecule has 0 radical (unpaired) electrons. The molecule has 0 amide bonds. The smallest absolute Gasteiger partial charge is 0.130 e. The fraction of sp³-hybridized carbons (Fsp3) is 0.444. The molecular formula is C18H29BN2O2. The molecule has 5 heteroatoms. The van der Waals surface area contributed by atoms with E-state index in [1.165, 1.54) is 5.56 Å². The Hall–Kier alpha value is -1.88. The summed E-state index contributed by atoms with van der Waals surface area (Å²) in [6.45, 7) is 14.4. The van der Waals surface area contributed by atoms with E-state index in [0.29, 0.717) is 12.4 Å². The van der Waals surface area contributed by atoms with Gasteiger partial charge in [-0.05, 0) is 30.1 Å². The zero-order valence-electron chi connectivity index (χ0n) is 15.1. The van der Waals surface area contributed by atoms with Crippen molar-refractivity contribution in [1.82, 2.24) is 10.6 Å². The van der Waals surface area contributed by atoms with Crippen LogP contribution in [0.15, 0.2) is 37.1 Å². The standard InChI is InChI=1S/C18H29BN2O2/c1-13(21-10-9-20-5)12-23-17-8-7-15(18(3,4)19)11-16(17)14(2)22-6/h7-8,11,20-21H,1-2,9-10,12,19H2,3-6H3. The molecule has 0 aliphatic carbocycles. The summed E-state index contributed by atoms with van der Waals surface area (Å²) in [7, 11) is 5.71. The highest BCUT2D eigenvalue weighted by Gasteiger charge is 2.17. The largest absolute Gasteiger partial charge is 0.497 e. The van der Waals surface area contributed by atoms with Gasteiger partial charge >= 0.3 is 0 Å². The molecule has 0 spiro atoms. The summed E-state index contributed by atoms with van der Waals surface area (Å²) in [5.74, 6) is 1.35. The second-order valence-corrected chi connectivity index (χ2v) is 6.51. The van der Waals surface area contributed by atoms with Gasteiger partial charge < -0.3 is 20.1 Å². The van der Waals surface area contributed by atoms with Crippen molar-refractivity contribution >= 4 is 13.6 Å². The van der Waals surface area contributed by atoms with Gasteiger partial charge in [0.1, 0.15) is 26.0 Å². The fourth-order valence-corrected chi connectivity index (χ4v) is 2.03. The molecule has 0 atom stereocenters. The number of rotatable bonds is 10. The number of likely N-dealkylation sites (N-methyl/N-ethyl adjacent to an activating group) is 1. The molecule has 2 N–H and O–H groups in total. The van der Waals surface area contributed by atoms with Crippen molar-refractivity contribution in [3.8, 4) is 5.75 Å². The Morgan fingerprint density at radius 1 is 1.26 bits per heavy atom. The highest BCUT2D eigenvalue weighted by molar-refractivity contribution is 6.15. The summed E-state index contributed by atoms with van der Waals surface area (Å²) in [6, 6.07) is 6.14. The van der Waals surface area contributed by atoms with Crippen LogP contribution in [0.2, 0.25) is 0 Å². The Morgan fingerprint density at radius 2 is 1.96 bits per heavy atom. The Bertz CT molecular complexity index is 550. The summed E-state index contributed by atoms with van der Waals surface area (Å²) >= 11 is 0. The number of ether oxygens (including phenoxy) is 2. The summed E-state index contributed by atoms with van der Waals surface area (Å²) in [6.07, 6.45) is 0. The Morgan fingerprint density at radius 3 is 2.52 bits per heavy atom. The SMILES string of the molecule is BC(C)(C)c1ccc(OCC(=C)NCCNC)c(C(=C)OC)c1. The third kappa shape index (κ3) is 6.03. The molecule has 0 aliphatic rings. The average molecular weight is 316 g/mol. The zero-order chi connectivity index (χ0) is 17.5. The second kappa shape index (κ2) is 8.68. The molecule has 0 heterocycles. The number of methoxy groups -OCH3 is 1. The first-order chi connectivity index (χ1) is 10.8. The number of benzene rings is 1. The highest BCUT2D eigenvalue weighted by Crippen LogP contribution is 2.31. The normalized spacial score (nSPS) is 11.0. The molecule has 0 fully saturated rings. The Kier molecular flexibility index (Phi) is 7.23. The number of hydrogen-bond acceptors (Lipinski definition) is 4. The van der Waals surface area contributed by atoms with Crippen molar-refractivity contribution in [3.05, 3.63) is 48.2 Å². The molecule has 1 aromatic rings. The molecule has 0 saturated heterocycles. The van der Waals surface area contributed by atoms with E-state index >= 15 is 0 Å². The lowest BCUT2D eigenvalue weighted by molar-refractivity contribution is 0.332. The van der Waals surface area contributed by atoms with E-state index in [1.807, 2.05) is 13.1 Å². The highest BCUT2D eigenvalue weighted by atomic mass is 16.5. The average Bonchev–Trinajstić information content (AvgIpc) is 2.51. The predicted molar refractivity (Wildman–Crippen MR) is 101 cm³/mol. The lowest BCUT2D eigenvalue weighted by atomic mass is 9.67. The first-order valence-electron chi connectivity index (χ1n) is 7.86. The lowest BCUT2D eigenvalue weighted by Gasteiger charge is -2.22. The van der Waals surface area contributed by atoms with Crippen LogP contribution in [0.4, 0.5) is 0 Å². The summed E-state index contributed by atoms with van der Waals surface area (Å²) in [5.41, 5.74) is 2.93. The Balaban J connectivity index is 2.85. The maximum Gasteiger partial charge on any atom is 0.130 e. The van der Waals surface area contributed by atoms with Crippen LogP contribution in [0, 0.1) is 0 Å². The van der Waals surface area contributed by atoms with E-state index in [1.54, 1.807) is 7.11 Å².